The summed E-state index contributed by atoms with van der Waals surface area (Å²) in [6, 6.07) is 3.70. The molecule has 0 spiro atoms. The molecule has 7 nitrogen and oxygen atoms in total. The lowest BCUT2D eigenvalue weighted by molar-refractivity contribution is -0.137. The number of ether oxygens (including phenoxy) is 1. The first-order valence-corrected chi connectivity index (χ1v) is 10.4. The molecule has 0 saturated heterocycles. The first-order valence-electron chi connectivity index (χ1n) is 9.26. The highest BCUT2D eigenvalue weighted by atomic mass is 35.5. The fraction of sp³-hybridized carbons (Fsp3) is 0.250. The topological polar surface area (TPSA) is 85.7 Å². The molecule has 13 heteroatoms. The first kappa shape index (κ1) is 23.6. The third-order valence-corrected chi connectivity index (χ3v) is 5.21. The van der Waals surface area contributed by atoms with Crippen LogP contribution in [0.1, 0.15) is 19.4 Å². The van der Waals surface area contributed by atoms with Crippen LogP contribution < -0.4 is 4.74 Å². The molecule has 4 aromatic rings. The van der Waals surface area contributed by atoms with Crippen LogP contribution in [0.3, 0.4) is 0 Å². The summed E-state index contributed by atoms with van der Waals surface area (Å²) in [6.45, 7) is 3.14. The van der Waals surface area contributed by atoms with E-state index in [1.54, 1.807) is 13.8 Å². The van der Waals surface area contributed by atoms with E-state index in [-0.39, 0.29) is 50.5 Å². The SMILES string of the molecule is CC(C)(O)COc1cc(Cl)c(-c2noc(-c3cn4cc(C(F)(F)F)cc(Cl)c4n3)n2)cc1Cl. The fourth-order valence-corrected chi connectivity index (χ4v) is 3.53. The smallest absolute Gasteiger partial charge is 0.417 e. The van der Waals surface area contributed by atoms with Crippen LogP contribution in [-0.4, -0.2) is 36.8 Å². The summed E-state index contributed by atoms with van der Waals surface area (Å²) in [5.41, 5.74) is -1.47. The first-order chi connectivity index (χ1) is 15.3. The summed E-state index contributed by atoms with van der Waals surface area (Å²) in [6.07, 6.45) is -2.42. The highest BCUT2D eigenvalue weighted by molar-refractivity contribution is 6.36. The highest BCUT2D eigenvalue weighted by Gasteiger charge is 2.32. The molecule has 4 rings (SSSR count). The molecule has 0 aliphatic carbocycles. The Balaban J connectivity index is 1.66. The van der Waals surface area contributed by atoms with E-state index >= 15 is 0 Å². The van der Waals surface area contributed by atoms with Gasteiger partial charge in [-0.1, -0.05) is 40.0 Å². The molecule has 0 saturated carbocycles. The van der Waals surface area contributed by atoms with Gasteiger partial charge in [0.1, 0.15) is 18.1 Å². The molecule has 1 aromatic carbocycles. The lowest BCUT2D eigenvalue weighted by Gasteiger charge is -2.18. The number of hydrogen-bond donors (Lipinski definition) is 1. The maximum atomic E-state index is 13.0. The Morgan fingerprint density at radius 2 is 1.76 bits per heavy atom. The van der Waals surface area contributed by atoms with Gasteiger partial charge in [-0.05, 0) is 26.0 Å². The molecule has 0 unspecified atom stereocenters. The van der Waals surface area contributed by atoms with Crippen LogP contribution in [-0.2, 0) is 6.18 Å². The molecule has 0 radical (unpaired) electrons. The van der Waals surface area contributed by atoms with Crippen molar-refractivity contribution < 1.29 is 27.5 Å². The fourth-order valence-electron chi connectivity index (χ4n) is 2.82. The number of nitrogens with zero attached hydrogens (tertiary/aromatic N) is 4. The molecule has 33 heavy (non-hydrogen) atoms. The molecular formula is C20H14Cl3F3N4O3. The summed E-state index contributed by atoms with van der Waals surface area (Å²) in [5, 5.41) is 13.9. The van der Waals surface area contributed by atoms with Gasteiger partial charge >= 0.3 is 6.18 Å². The van der Waals surface area contributed by atoms with Crippen LogP contribution in [0.4, 0.5) is 13.2 Å². The van der Waals surface area contributed by atoms with Gasteiger partial charge in [-0.25, -0.2) is 4.98 Å². The van der Waals surface area contributed by atoms with E-state index < -0.39 is 17.3 Å². The number of alkyl halides is 3. The second-order valence-electron chi connectivity index (χ2n) is 7.72. The van der Waals surface area contributed by atoms with E-state index in [0.29, 0.717) is 5.56 Å². The number of imidazole rings is 1. The van der Waals surface area contributed by atoms with Crippen molar-refractivity contribution in [3.63, 3.8) is 0 Å². The van der Waals surface area contributed by atoms with Crippen molar-refractivity contribution in [1.29, 1.82) is 0 Å². The summed E-state index contributed by atoms with van der Waals surface area (Å²) in [5.74, 6) is 0.268. The molecule has 0 fully saturated rings. The number of aliphatic hydroxyl groups is 1. The standard InChI is InChI=1S/C20H14Cl3F3N4O3/c1-19(2,31)8-32-15-5-11(21)10(4-12(15)22)16-28-18(33-29-16)14-7-30-6-9(20(24,25)26)3-13(23)17(30)27-14/h3-7,31H,8H2,1-2H3. The quantitative estimate of drug-likeness (QED) is 0.338. The molecule has 0 bridgehead atoms. The summed E-state index contributed by atoms with van der Waals surface area (Å²) < 4.78 is 51.0. The monoisotopic (exact) mass is 520 g/mol. The van der Waals surface area contributed by atoms with Gasteiger partial charge in [0.2, 0.25) is 5.82 Å². The minimum atomic E-state index is -4.57. The second kappa shape index (κ2) is 8.35. The normalized spacial score (nSPS) is 12.5. The van der Waals surface area contributed by atoms with Gasteiger partial charge < -0.3 is 18.8 Å². The van der Waals surface area contributed by atoms with Crippen molar-refractivity contribution in [2.75, 3.05) is 6.61 Å². The average Bonchev–Trinajstić information content (AvgIpc) is 3.34. The number of pyridine rings is 1. The van der Waals surface area contributed by atoms with E-state index in [4.69, 9.17) is 44.1 Å². The van der Waals surface area contributed by atoms with Crippen LogP contribution in [0.25, 0.3) is 28.6 Å². The Labute approximate surface area is 199 Å². The van der Waals surface area contributed by atoms with Crippen molar-refractivity contribution in [2.24, 2.45) is 0 Å². The number of benzene rings is 1. The number of rotatable bonds is 5. The number of hydrogen-bond acceptors (Lipinski definition) is 6. The Bertz CT molecular complexity index is 1350. The zero-order chi connectivity index (χ0) is 24.1. The number of aromatic nitrogens is 4. The Kier molecular flexibility index (Phi) is 5.98. The molecule has 3 aromatic heterocycles. The third kappa shape index (κ3) is 5.03. The van der Waals surface area contributed by atoms with Gasteiger partial charge in [0, 0.05) is 24.0 Å². The van der Waals surface area contributed by atoms with E-state index in [2.05, 4.69) is 15.1 Å². The van der Waals surface area contributed by atoms with E-state index in [9.17, 15) is 18.3 Å². The van der Waals surface area contributed by atoms with Crippen LogP contribution in [0, 0.1) is 0 Å². The molecular weight excluding hydrogens is 508 g/mol. The molecule has 0 amide bonds. The predicted octanol–water partition coefficient (Wildman–Crippen LogP) is 6.18. The van der Waals surface area contributed by atoms with Crippen molar-refractivity contribution in [3.8, 4) is 28.7 Å². The van der Waals surface area contributed by atoms with Crippen molar-refractivity contribution in [2.45, 2.75) is 25.6 Å². The van der Waals surface area contributed by atoms with E-state index in [0.717, 1.165) is 16.7 Å². The Morgan fingerprint density at radius 1 is 1.03 bits per heavy atom. The van der Waals surface area contributed by atoms with Crippen LogP contribution in [0.5, 0.6) is 5.75 Å². The van der Waals surface area contributed by atoms with Gasteiger partial charge in [-0.2, -0.15) is 18.2 Å². The lowest BCUT2D eigenvalue weighted by Crippen LogP contribution is -2.27. The predicted molar refractivity (Wildman–Crippen MR) is 116 cm³/mol. The second-order valence-corrected chi connectivity index (χ2v) is 8.94. The van der Waals surface area contributed by atoms with Crippen LogP contribution in [0.2, 0.25) is 15.1 Å². The Hall–Kier alpha value is -2.53. The Morgan fingerprint density at radius 3 is 2.42 bits per heavy atom. The number of fused-ring (bicyclic) bond motifs is 1. The minimum absolute atomic E-state index is 0.0126. The summed E-state index contributed by atoms with van der Waals surface area (Å²) in [4.78, 5) is 8.40. The van der Waals surface area contributed by atoms with Crippen LogP contribution in [0.15, 0.2) is 35.1 Å². The van der Waals surface area contributed by atoms with Crippen molar-refractivity contribution in [1.82, 2.24) is 19.5 Å². The molecule has 0 aliphatic rings. The molecule has 3 heterocycles. The van der Waals surface area contributed by atoms with Gasteiger partial charge in [-0.3, -0.25) is 0 Å². The third-order valence-electron chi connectivity index (χ3n) is 4.32. The van der Waals surface area contributed by atoms with Gasteiger partial charge in [-0.15, -0.1) is 0 Å². The summed E-state index contributed by atoms with van der Waals surface area (Å²) in [7, 11) is 0. The average molecular weight is 522 g/mol. The molecule has 0 atom stereocenters. The maximum Gasteiger partial charge on any atom is 0.417 e. The number of halogens is 6. The highest BCUT2D eigenvalue weighted by Crippen LogP contribution is 2.37. The summed E-state index contributed by atoms with van der Waals surface area (Å²) >= 11 is 18.5. The van der Waals surface area contributed by atoms with Gasteiger partial charge in [0.05, 0.1) is 26.2 Å². The molecule has 1 N–H and O–H groups in total. The van der Waals surface area contributed by atoms with E-state index in [1.165, 1.54) is 18.3 Å². The zero-order valence-corrected chi connectivity index (χ0v) is 19.2. The minimum Gasteiger partial charge on any atom is -0.489 e. The maximum absolute atomic E-state index is 13.0. The van der Waals surface area contributed by atoms with Crippen LogP contribution >= 0.6 is 34.8 Å². The lowest BCUT2D eigenvalue weighted by atomic mass is 10.1. The largest absolute Gasteiger partial charge is 0.489 e. The van der Waals surface area contributed by atoms with Crippen molar-refractivity contribution in [3.05, 3.63) is 51.2 Å². The molecule has 0 aliphatic heterocycles. The zero-order valence-electron chi connectivity index (χ0n) is 16.9. The van der Waals surface area contributed by atoms with E-state index in [1.807, 2.05) is 0 Å². The van der Waals surface area contributed by atoms with Gasteiger partial charge in [0.25, 0.3) is 5.89 Å². The van der Waals surface area contributed by atoms with Gasteiger partial charge in [0.15, 0.2) is 5.65 Å². The van der Waals surface area contributed by atoms with Crippen molar-refractivity contribution >= 4 is 40.4 Å². The molecule has 174 valence electrons.